The van der Waals surface area contributed by atoms with E-state index in [9.17, 15) is 4.79 Å². The van der Waals surface area contributed by atoms with E-state index in [1.807, 2.05) is 12.3 Å². The molecule has 112 valence electrons. The molecule has 2 heterocycles. The molecule has 0 aliphatic carbocycles. The molecule has 5 heteroatoms. The lowest BCUT2D eigenvalue weighted by molar-refractivity contribution is 0.0569. The van der Waals surface area contributed by atoms with Crippen LogP contribution in [-0.2, 0) is 11.3 Å². The highest BCUT2D eigenvalue weighted by atomic mass is 16.5. The highest BCUT2D eigenvalue weighted by molar-refractivity contribution is 5.87. The number of aromatic nitrogens is 1. The highest BCUT2D eigenvalue weighted by Gasteiger charge is 2.27. The van der Waals surface area contributed by atoms with Crippen LogP contribution in [0, 0.1) is 5.92 Å². The number of H-pyrrole nitrogens is 1. The number of likely N-dealkylation sites (N-methyl/N-ethyl adjacent to an activating group) is 1. The van der Waals surface area contributed by atoms with Gasteiger partial charge in [-0.1, -0.05) is 13.8 Å². The van der Waals surface area contributed by atoms with E-state index in [1.54, 1.807) is 0 Å². The number of piperazine rings is 1. The molecule has 20 heavy (non-hydrogen) atoms. The number of nitrogens with one attached hydrogen (secondary N) is 1. The predicted octanol–water partition coefficient (Wildman–Crippen LogP) is 1.57. The fraction of sp³-hybridized carbons (Fsp3) is 0.667. The maximum absolute atomic E-state index is 11.5. The Balaban J connectivity index is 2.04. The van der Waals surface area contributed by atoms with Crippen LogP contribution in [0.15, 0.2) is 12.3 Å². The molecule has 1 N–H and O–H groups in total. The maximum atomic E-state index is 11.5. The van der Waals surface area contributed by atoms with Crippen LogP contribution in [0.1, 0.15) is 29.9 Å². The second-order valence-electron chi connectivity index (χ2n) is 5.96. The summed E-state index contributed by atoms with van der Waals surface area (Å²) in [5.74, 6) is 0.312. The quantitative estimate of drug-likeness (QED) is 0.850. The predicted molar refractivity (Wildman–Crippen MR) is 78.7 cm³/mol. The van der Waals surface area contributed by atoms with Crippen molar-refractivity contribution in [3.63, 3.8) is 0 Å². The van der Waals surface area contributed by atoms with Gasteiger partial charge in [-0.3, -0.25) is 4.90 Å². The Morgan fingerprint density at radius 2 is 2.25 bits per heavy atom. The molecule has 0 radical (unpaired) electrons. The molecular weight excluding hydrogens is 254 g/mol. The molecule has 2 rings (SSSR count). The van der Waals surface area contributed by atoms with Crippen molar-refractivity contribution in [2.24, 2.45) is 5.92 Å². The Hall–Kier alpha value is -1.33. The average molecular weight is 279 g/mol. The molecular formula is C15H25N3O2. The standard InChI is InChI=1S/C15H25N3O2/c1-11(2)14-10-17(3)5-6-18(14)9-12-7-13(16-8-12)15(19)20-4/h7-8,11,14,16H,5-6,9-10H2,1-4H3/t14-/m1/s1. The molecule has 0 unspecified atom stereocenters. The van der Waals surface area contributed by atoms with E-state index in [1.165, 1.54) is 7.11 Å². The van der Waals surface area contributed by atoms with E-state index in [0.29, 0.717) is 17.7 Å². The summed E-state index contributed by atoms with van der Waals surface area (Å²) < 4.78 is 4.72. The van der Waals surface area contributed by atoms with E-state index < -0.39 is 0 Å². The smallest absolute Gasteiger partial charge is 0.354 e. The molecule has 0 aromatic carbocycles. The van der Waals surface area contributed by atoms with Gasteiger partial charge in [0, 0.05) is 38.4 Å². The van der Waals surface area contributed by atoms with Crippen molar-refractivity contribution in [2.45, 2.75) is 26.4 Å². The minimum Gasteiger partial charge on any atom is -0.464 e. The van der Waals surface area contributed by atoms with Crippen molar-refractivity contribution in [1.29, 1.82) is 0 Å². The van der Waals surface area contributed by atoms with Crippen molar-refractivity contribution >= 4 is 5.97 Å². The second kappa shape index (κ2) is 6.41. The number of carbonyl (C=O) groups is 1. The maximum Gasteiger partial charge on any atom is 0.354 e. The lowest BCUT2D eigenvalue weighted by Gasteiger charge is -2.42. The first-order valence-electron chi connectivity index (χ1n) is 7.19. The van der Waals surface area contributed by atoms with Crippen LogP contribution < -0.4 is 0 Å². The third-order valence-corrected chi connectivity index (χ3v) is 4.04. The van der Waals surface area contributed by atoms with E-state index in [0.717, 1.165) is 31.7 Å². The molecule has 1 aliphatic heterocycles. The summed E-state index contributed by atoms with van der Waals surface area (Å²) in [7, 11) is 3.58. The zero-order valence-corrected chi connectivity index (χ0v) is 12.8. The van der Waals surface area contributed by atoms with Gasteiger partial charge in [0.05, 0.1) is 7.11 Å². The number of esters is 1. The number of ether oxygens (including phenoxy) is 1. The highest BCUT2D eigenvalue weighted by Crippen LogP contribution is 2.19. The summed E-state index contributed by atoms with van der Waals surface area (Å²) in [6, 6.07) is 2.45. The van der Waals surface area contributed by atoms with E-state index in [2.05, 4.69) is 35.7 Å². The SMILES string of the molecule is COC(=O)c1cc(CN2CCN(C)C[C@@H]2C(C)C)c[nH]1. The van der Waals surface area contributed by atoms with Crippen molar-refractivity contribution in [3.8, 4) is 0 Å². The number of methoxy groups -OCH3 is 1. The molecule has 0 spiro atoms. The molecule has 1 aromatic heterocycles. The second-order valence-corrected chi connectivity index (χ2v) is 5.96. The number of hydrogen-bond donors (Lipinski definition) is 1. The summed E-state index contributed by atoms with van der Waals surface area (Å²) >= 11 is 0. The van der Waals surface area contributed by atoms with Gasteiger partial charge in [0.1, 0.15) is 5.69 Å². The Bertz CT molecular complexity index is 456. The number of hydrogen-bond acceptors (Lipinski definition) is 4. The van der Waals surface area contributed by atoms with Crippen LogP contribution in [0.4, 0.5) is 0 Å². The lowest BCUT2D eigenvalue weighted by Crippen LogP contribution is -2.53. The third kappa shape index (κ3) is 3.41. The Morgan fingerprint density at radius 1 is 1.50 bits per heavy atom. The molecule has 0 amide bonds. The number of carbonyl (C=O) groups excluding carboxylic acids is 1. The Labute approximate surface area is 120 Å². The van der Waals surface area contributed by atoms with Crippen LogP contribution in [-0.4, -0.2) is 60.6 Å². The summed E-state index contributed by atoms with van der Waals surface area (Å²) in [5.41, 5.74) is 1.67. The van der Waals surface area contributed by atoms with Crippen molar-refractivity contribution in [2.75, 3.05) is 33.8 Å². The van der Waals surface area contributed by atoms with Gasteiger partial charge in [-0.05, 0) is 24.6 Å². The van der Waals surface area contributed by atoms with E-state index >= 15 is 0 Å². The van der Waals surface area contributed by atoms with Crippen molar-refractivity contribution in [1.82, 2.24) is 14.8 Å². The fourth-order valence-electron chi connectivity index (χ4n) is 2.81. The van der Waals surface area contributed by atoms with Crippen LogP contribution in [0.5, 0.6) is 0 Å². The first-order chi connectivity index (χ1) is 9.51. The van der Waals surface area contributed by atoms with Crippen molar-refractivity contribution < 1.29 is 9.53 Å². The molecule has 1 aliphatic rings. The number of rotatable bonds is 4. The van der Waals surface area contributed by atoms with Gasteiger partial charge < -0.3 is 14.6 Å². The molecule has 0 saturated carbocycles. The van der Waals surface area contributed by atoms with Crippen LogP contribution in [0.3, 0.4) is 0 Å². The van der Waals surface area contributed by atoms with Crippen LogP contribution in [0.2, 0.25) is 0 Å². The topological polar surface area (TPSA) is 48.6 Å². The van der Waals surface area contributed by atoms with Crippen molar-refractivity contribution in [3.05, 3.63) is 23.5 Å². The zero-order chi connectivity index (χ0) is 14.7. The van der Waals surface area contributed by atoms with Gasteiger partial charge in [-0.2, -0.15) is 0 Å². The van der Waals surface area contributed by atoms with Gasteiger partial charge in [-0.15, -0.1) is 0 Å². The zero-order valence-electron chi connectivity index (χ0n) is 12.8. The monoisotopic (exact) mass is 279 g/mol. The Morgan fingerprint density at radius 3 is 2.90 bits per heavy atom. The molecule has 5 nitrogen and oxygen atoms in total. The van der Waals surface area contributed by atoms with Gasteiger partial charge in [-0.25, -0.2) is 4.79 Å². The minimum atomic E-state index is -0.310. The van der Waals surface area contributed by atoms with Gasteiger partial charge in [0.25, 0.3) is 0 Å². The molecule has 1 atom stereocenters. The molecule has 0 bridgehead atoms. The average Bonchev–Trinajstić information content (AvgIpc) is 2.88. The third-order valence-electron chi connectivity index (χ3n) is 4.04. The lowest BCUT2D eigenvalue weighted by atomic mass is 9.99. The fourth-order valence-corrected chi connectivity index (χ4v) is 2.81. The summed E-state index contributed by atoms with van der Waals surface area (Å²) in [6.45, 7) is 8.69. The summed E-state index contributed by atoms with van der Waals surface area (Å²) in [5, 5.41) is 0. The Kier molecular flexibility index (Phi) is 4.83. The van der Waals surface area contributed by atoms with Crippen LogP contribution >= 0.6 is 0 Å². The molecule has 1 aromatic rings. The normalized spacial score (nSPS) is 21.4. The first kappa shape index (κ1) is 15.1. The van der Waals surface area contributed by atoms with Crippen LogP contribution in [0.25, 0.3) is 0 Å². The molecule has 1 saturated heterocycles. The molecule has 1 fully saturated rings. The first-order valence-corrected chi connectivity index (χ1v) is 7.19. The minimum absolute atomic E-state index is 0.310. The van der Waals surface area contributed by atoms with Gasteiger partial charge in [0.15, 0.2) is 0 Å². The number of aromatic amines is 1. The van der Waals surface area contributed by atoms with Gasteiger partial charge in [0.2, 0.25) is 0 Å². The summed E-state index contributed by atoms with van der Waals surface area (Å²) in [4.78, 5) is 19.3. The van der Waals surface area contributed by atoms with E-state index in [4.69, 9.17) is 4.74 Å². The van der Waals surface area contributed by atoms with E-state index in [-0.39, 0.29) is 5.97 Å². The number of nitrogens with zero attached hydrogens (tertiary/aromatic N) is 2. The summed E-state index contributed by atoms with van der Waals surface area (Å²) in [6.07, 6.45) is 1.90. The van der Waals surface area contributed by atoms with Gasteiger partial charge >= 0.3 is 5.97 Å². The largest absolute Gasteiger partial charge is 0.464 e.